The summed E-state index contributed by atoms with van der Waals surface area (Å²) in [5.74, 6) is -3.38. The summed E-state index contributed by atoms with van der Waals surface area (Å²) in [4.78, 5) is 81.5. The molecule has 2 aromatic heterocycles. The molecule has 4 heterocycles. The van der Waals surface area contributed by atoms with Crippen LogP contribution < -0.4 is 37.9 Å². The van der Waals surface area contributed by atoms with Gasteiger partial charge in [-0.25, -0.2) is 14.2 Å². The fourth-order valence-electron chi connectivity index (χ4n) is 8.12. The van der Waals surface area contributed by atoms with E-state index in [0.717, 1.165) is 27.6 Å². The molecule has 4 amide bonds. The van der Waals surface area contributed by atoms with Gasteiger partial charge in [-0.05, 0) is 54.5 Å². The summed E-state index contributed by atoms with van der Waals surface area (Å²) in [6.45, 7) is 2.78. The number of nitrogens with zero attached hydrogens (tertiary/aromatic N) is 2. The van der Waals surface area contributed by atoms with Gasteiger partial charge in [0.15, 0.2) is 5.60 Å². The predicted octanol–water partition coefficient (Wildman–Crippen LogP) is 0.139. The maximum Gasteiger partial charge on any atom is 0.343 e. The van der Waals surface area contributed by atoms with Crippen molar-refractivity contribution >= 4 is 40.5 Å². The van der Waals surface area contributed by atoms with Crippen molar-refractivity contribution in [1.82, 2.24) is 36.1 Å². The predicted molar refractivity (Wildman–Crippen MR) is 208 cm³/mol. The van der Waals surface area contributed by atoms with Crippen LogP contribution in [0.5, 0.6) is 0 Å². The number of amides is 4. The molecule has 1 aliphatic carbocycles. The van der Waals surface area contributed by atoms with Crippen molar-refractivity contribution in [2.75, 3.05) is 32.7 Å². The Morgan fingerprint density at radius 1 is 1.02 bits per heavy atom. The topological polar surface area (TPSA) is 236 Å². The van der Waals surface area contributed by atoms with Crippen LogP contribution in [0.2, 0.25) is 0 Å². The minimum Gasteiger partial charge on any atom is -0.458 e. The van der Waals surface area contributed by atoms with Gasteiger partial charge in [0.1, 0.15) is 18.5 Å². The van der Waals surface area contributed by atoms with Gasteiger partial charge in [-0.3, -0.25) is 24.0 Å². The Hall–Kier alpha value is -6.04. The molecule has 0 saturated heterocycles. The number of hydrogen-bond acceptors (Lipinski definition) is 11. The number of aromatic nitrogens is 2. The van der Waals surface area contributed by atoms with Crippen molar-refractivity contribution in [1.29, 1.82) is 0 Å². The van der Waals surface area contributed by atoms with Gasteiger partial charge in [0.2, 0.25) is 23.6 Å². The Balaban J connectivity index is 1.05. The summed E-state index contributed by atoms with van der Waals surface area (Å²) < 4.78 is 22.1. The van der Waals surface area contributed by atoms with E-state index in [1.165, 1.54) is 6.07 Å². The summed E-state index contributed by atoms with van der Waals surface area (Å²) in [6.07, 6.45) is 1.30. The molecule has 0 fully saturated rings. The Morgan fingerprint density at radius 2 is 1.78 bits per heavy atom. The number of aryl methyl sites for hydroxylation is 1. The standard InChI is InChI=1S/C41H45FN8O8/c1-3-41(57)26-14-31-37-24(19-50(31)39(55)25(26)20-58-40(41)56)36-28(10-9-23-21(2)27(42)15-29(49-37)35(23)36)44-11-12-45-33(52)17-47-38(54)30(13-22-7-5-4-6-8-22)48-34(53)18-46-32(51)16-43/h4-8,14-15,28,30,44,57H,3,9-13,16-20,43H2,1-2H3,(H,45,52)(H,46,51)(H,47,54)(H,48,53)/t28-,30?,41-/m0/s1. The number of rotatable bonds is 14. The number of ether oxygens (including phenoxy) is 1. The lowest BCUT2D eigenvalue weighted by atomic mass is 9.81. The highest BCUT2D eigenvalue weighted by Gasteiger charge is 2.46. The van der Waals surface area contributed by atoms with Gasteiger partial charge in [0.05, 0.1) is 48.6 Å². The second-order valence-electron chi connectivity index (χ2n) is 14.7. The van der Waals surface area contributed by atoms with Crippen LogP contribution in [0.1, 0.15) is 64.8 Å². The van der Waals surface area contributed by atoms with E-state index >= 15 is 4.39 Å². The number of nitrogens with one attached hydrogen (secondary N) is 5. The van der Waals surface area contributed by atoms with Crippen LogP contribution in [0.15, 0.2) is 47.3 Å². The number of carbonyl (C=O) groups excluding carboxylic acids is 5. The SMILES string of the molecule is CC[C@@]1(O)C(=O)OCc2c1cc1n(c2=O)Cc2c-1nc1cc(F)c(C)c3c1c2[C@@H](NCCNC(=O)CNC(=O)C(Cc1ccccc1)NC(=O)CNC(=O)CN)CC3. The first-order chi connectivity index (χ1) is 27.8. The van der Waals surface area contributed by atoms with Crippen LogP contribution in [0.3, 0.4) is 0 Å². The molecule has 3 aliphatic rings. The number of carbonyl (C=O) groups is 5. The quantitative estimate of drug-likeness (QED) is 0.0590. The second-order valence-corrected chi connectivity index (χ2v) is 14.7. The molecule has 3 atom stereocenters. The fraction of sp³-hybridized carbons (Fsp3) is 0.390. The minimum atomic E-state index is -1.99. The Kier molecular flexibility index (Phi) is 11.4. The van der Waals surface area contributed by atoms with Gasteiger partial charge in [-0.1, -0.05) is 37.3 Å². The zero-order chi connectivity index (χ0) is 41.3. The molecule has 1 unspecified atom stereocenters. The molecule has 304 valence electrons. The summed E-state index contributed by atoms with van der Waals surface area (Å²) in [5, 5.41) is 26.0. The summed E-state index contributed by atoms with van der Waals surface area (Å²) in [6, 6.07) is 10.8. The van der Waals surface area contributed by atoms with Gasteiger partial charge in [-0.15, -0.1) is 0 Å². The van der Waals surface area contributed by atoms with Crippen molar-refractivity contribution in [2.24, 2.45) is 5.73 Å². The van der Waals surface area contributed by atoms with Crippen LogP contribution in [0, 0.1) is 12.7 Å². The highest BCUT2D eigenvalue weighted by molar-refractivity contribution is 5.94. The molecule has 0 saturated carbocycles. The Labute approximate surface area is 332 Å². The molecule has 2 aromatic carbocycles. The summed E-state index contributed by atoms with van der Waals surface area (Å²) >= 11 is 0. The van der Waals surface area contributed by atoms with Gasteiger partial charge >= 0.3 is 5.97 Å². The molecule has 17 heteroatoms. The molecule has 0 spiro atoms. The van der Waals surface area contributed by atoms with E-state index in [1.54, 1.807) is 48.7 Å². The largest absolute Gasteiger partial charge is 0.458 e. The highest BCUT2D eigenvalue weighted by atomic mass is 19.1. The van der Waals surface area contributed by atoms with Crippen LogP contribution in [0.25, 0.3) is 22.3 Å². The van der Waals surface area contributed by atoms with E-state index in [0.29, 0.717) is 41.9 Å². The summed E-state index contributed by atoms with van der Waals surface area (Å²) in [5.41, 5.74) is 8.38. The van der Waals surface area contributed by atoms with Gasteiger partial charge in [-0.2, -0.15) is 0 Å². The van der Waals surface area contributed by atoms with Crippen molar-refractivity contribution in [3.05, 3.63) is 97.6 Å². The van der Waals surface area contributed by atoms with Crippen LogP contribution in [-0.4, -0.2) is 83.0 Å². The molecular weight excluding hydrogens is 751 g/mol. The molecule has 4 aromatic rings. The maximum absolute atomic E-state index is 15.3. The number of esters is 1. The Bertz CT molecular complexity index is 2400. The zero-order valence-corrected chi connectivity index (χ0v) is 32.1. The van der Waals surface area contributed by atoms with Crippen molar-refractivity contribution in [3.8, 4) is 11.4 Å². The number of aliphatic hydroxyl groups is 1. The number of cyclic esters (lactones) is 1. The lowest BCUT2D eigenvalue weighted by molar-refractivity contribution is -0.172. The average molecular weight is 797 g/mol. The smallest absolute Gasteiger partial charge is 0.343 e. The third-order valence-corrected chi connectivity index (χ3v) is 11.2. The average Bonchev–Trinajstić information content (AvgIpc) is 3.60. The van der Waals surface area contributed by atoms with Crippen molar-refractivity contribution in [3.63, 3.8) is 0 Å². The fourth-order valence-corrected chi connectivity index (χ4v) is 8.12. The molecule has 2 aliphatic heterocycles. The molecular formula is C41H45FN8O8. The maximum atomic E-state index is 15.3. The molecule has 16 nitrogen and oxygen atoms in total. The molecule has 0 radical (unpaired) electrons. The monoisotopic (exact) mass is 796 g/mol. The third-order valence-electron chi connectivity index (χ3n) is 11.2. The van der Waals surface area contributed by atoms with E-state index in [1.807, 2.05) is 6.07 Å². The zero-order valence-electron chi connectivity index (χ0n) is 32.1. The first-order valence-corrected chi connectivity index (χ1v) is 19.2. The molecule has 7 rings (SSSR count). The van der Waals surface area contributed by atoms with Crippen molar-refractivity contribution < 1.29 is 38.2 Å². The number of hydrogen-bond donors (Lipinski definition) is 7. The van der Waals surface area contributed by atoms with Gasteiger partial charge < -0.3 is 46.7 Å². The van der Waals surface area contributed by atoms with E-state index in [9.17, 15) is 33.9 Å². The van der Waals surface area contributed by atoms with E-state index < -0.39 is 52.6 Å². The third kappa shape index (κ3) is 7.55. The molecule has 0 bridgehead atoms. The van der Waals surface area contributed by atoms with Crippen LogP contribution in [0.4, 0.5) is 4.39 Å². The van der Waals surface area contributed by atoms with Crippen LogP contribution >= 0.6 is 0 Å². The lowest BCUT2D eigenvalue weighted by Crippen LogP contribution is -2.52. The van der Waals surface area contributed by atoms with E-state index in [2.05, 4.69) is 26.6 Å². The Morgan fingerprint density at radius 3 is 2.52 bits per heavy atom. The number of benzene rings is 2. The first-order valence-electron chi connectivity index (χ1n) is 19.2. The lowest BCUT2D eigenvalue weighted by Gasteiger charge is -2.31. The first kappa shape index (κ1) is 40.2. The second kappa shape index (κ2) is 16.4. The molecule has 8 N–H and O–H groups in total. The number of halogens is 1. The normalized spacial score (nSPS) is 18.0. The van der Waals surface area contributed by atoms with E-state index in [4.69, 9.17) is 15.5 Å². The number of fused-ring (bicyclic) bond motifs is 5. The van der Waals surface area contributed by atoms with Gasteiger partial charge in [0, 0.05) is 48.1 Å². The number of pyridine rings is 2. The van der Waals surface area contributed by atoms with E-state index in [-0.39, 0.29) is 69.3 Å². The molecule has 58 heavy (non-hydrogen) atoms. The minimum absolute atomic E-state index is 0.00132. The van der Waals surface area contributed by atoms with Crippen LogP contribution in [-0.2, 0) is 60.3 Å². The van der Waals surface area contributed by atoms with Gasteiger partial charge in [0.25, 0.3) is 5.56 Å². The van der Waals surface area contributed by atoms with Crippen molar-refractivity contribution in [2.45, 2.75) is 70.4 Å². The summed E-state index contributed by atoms with van der Waals surface area (Å²) in [7, 11) is 0. The number of nitrogens with two attached hydrogens (primary N) is 1. The highest BCUT2D eigenvalue weighted by Crippen LogP contribution is 2.45.